The van der Waals surface area contributed by atoms with Crippen LogP contribution in [-0.2, 0) is 23.1 Å². The highest BCUT2D eigenvalue weighted by atomic mass is 32.2. The number of amides is 1. The number of anilines is 1. The van der Waals surface area contributed by atoms with Crippen molar-refractivity contribution in [3.05, 3.63) is 95.3 Å². The number of carbonyl (C=O) groups is 1. The number of nitrogens with one attached hydrogen (secondary N) is 1. The molecule has 0 saturated carbocycles. The normalized spacial score (nSPS) is 19.5. The van der Waals surface area contributed by atoms with Crippen molar-refractivity contribution in [1.29, 1.82) is 0 Å². The summed E-state index contributed by atoms with van der Waals surface area (Å²) in [6.45, 7) is -0.0138. The van der Waals surface area contributed by atoms with E-state index >= 15 is 0 Å². The molecule has 0 aliphatic carbocycles. The Balaban J connectivity index is 1.35. The van der Waals surface area contributed by atoms with E-state index in [1.165, 1.54) is 18.0 Å². The molecular weight excluding hydrogens is 492 g/mol. The van der Waals surface area contributed by atoms with Crippen molar-refractivity contribution in [3.8, 4) is 0 Å². The van der Waals surface area contributed by atoms with Crippen LogP contribution in [0, 0.1) is 0 Å². The molecule has 2 aromatic heterocycles. The molecule has 3 heterocycles. The van der Waals surface area contributed by atoms with E-state index in [2.05, 4.69) is 25.8 Å². The first-order valence-electron chi connectivity index (χ1n) is 11.8. The van der Waals surface area contributed by atoms with Crippen molar-refractivity contribution in [2.75, 3.05) is 11.1 Å². The summed E-state index contributed by atoms with van der Waals surface area (Å²) in [7, 11) is 1.80. The van der Waals surface area contributed by atoms with Gasteiger partial charge in [-0.2, -0.15) is 0 Å². The predicted octanol–water partition coefficient (Wildman–Crippen LogP) is 3.69. The van der Waals surface area contributed by atoms with Crippen LogP contribution in [0.4, 0.5) is 5.69 Å². The van der Waals surface area contributed by atoms with Crippen LogP contribution in [-0.4, -0.2) is 48.1 Å². The molecule has 0 unspecified atom stereocenters. The summed E-state index contributed by atoms with van der Waals surface area (Å²) >= 11 is 1.52. The molecule has 11 heteroatoms. The number of hydrogen-bond acceptors (Lipinski definition) is 9. The van der Waals surface area contributed by atoms with Crippen LogP contribution in [0.15, 0.2) is 78.2 Å². The van der Waals surface area contributed by atoms with E-state index in [0.717, 1.165) is 16.7 Å². The number of tetrazole rings is 1. The zero-order chi connectivity index (χ0) is 25.6. The second-order valence-electron chi connectivity index (χ2n) is 8.57. The highest BCUT2D eigenvalue weighted by molar-refractivity contribution is 7.99. The van der Waals surface area contributed by atoms with Gasteiger partial charge in [-0.05, 0) is 45.8 Å². The van der Waals surface area contributed by atoms with Crippen molar-refractivity contribution in [3.63, 3.8) is 0 Å². The molecule has 1 aliphatic rings. The standard InChI is InChI=1S/C26H26N6O4S/c1-32-26(29-30-31-32)37-16-22-13-23(18-9-7-17(15-33)8-10-18)36-25(35-22)19-4-2-6-21(12-19)28-24(34)20-5-3-11-27-14-20/h2-12,14,22-23,25,33H,13,15-16H2,1H3,(H,28,34)/t22-,23+,25+/m1/s1. The first-order valence-corrected chi connectivity index (χ1v) is 12.7. The van der Waals surface area contributed by atoms with E-state index in [9.17, 15) is 9.90 Å². The molecule has 2 aromatic carbocycles. The number of pyridine rings is 1. The van der Waals surface area contributed by atoms with E-state index in [1.807, 2.05) is 48.5 Å². The lowest BCUT2D eigenvalue weighted by atomic mass is 10.0. The first-order chi connectivity index (χ1) is 18.1. The van der Waals surface area contributed by atoms with E-state index in [0.29, 0.717) is 28.6 Å². The maximum atomic E-state index is 12.6. The summed E-state index contributed by atoms with van der Waals surface area (Å²) in [5, 5.41) is 24.7. The second-order valence-corrected chi connectivity index (χ2v) is 9.55. The molecule has 5 rings (SSSR count). The number of hydrogen-bond donors (Lipinski definition) is 2. The molecule has 1 fully saturated rings. The summed E-state index contributed by atoms with van der Waals surface area (Å²) in [5.41, 5.74) is 3.73. The minimum Gasteiger partial charge on any atom is -0.392 e. The third-order valence-corrected chi connectivity index (χ3v) is 7.08. The van der Waals surface area contributed by atoms with Gasteiger partial charge < -0.3 is 19.9 Å². The number of benzene rings is 2. The summed E-state index contributed by atoms with van der Waals surface area (Å²) in [6.07, 6.45) is 2.78. The fourth-order valence-corrected chi connectivity index (χ4v) is 4.86. The Labute approximate surface area is 218 Å². The molecule has 0 radical (unpaired) electrons. The fraction of sp³-hybridized carbons (Fsp3) is 0.269. The van der Waals surface area contributed by atoms with Gasteiger partial charge in [-0.25, -0.2) is 4.68 Å². The Morgan fingerprint density at radius 2 is 2.00 bits per heavy atom. The lowest BCUT2D eigenvalue weighted by molar-refractivity contribution is -0.245. The molecule has 0 spiro atoms. The summed E-state index contributed by atoms with van der Waals surface area (Å²) in [5.74, 6) is 0.389. The van der Waals surface area contributed by atoms with Gasteiger partial charge in [0.1, 0.15) is 0 Å². The Hall–Kier alpha value is -3.64. The van der Waals surface area contributed by atoms with Gasteiger partial charge >= 0.3 is 0 Å². The fourth-order valence-electron chi connectivity index (χ4n) is 4.00. The zero-order valence-corrected chi connectivity index (χ0v) is 20.9. The number of ether oxygens (including phenoxy) is 2. The second kappa shape index (κ2) is 11.6. The predicted molar refractivity (Wildman–Crippen MR) is 137 cm³/mol. The van der Waals surface area contributed by atoms with Crippen molar-refractivity contribution in [2.24, 2.45) is 7.05 Å². The number of aliphatic hydroxyl groups excluding tert-OH is 1. The molecule has 1 saturated heterocycles. The Morgan fingerprint density at radius 1 is 1.14 bits per heavy atom. The average molecular weight is 519 g/mol. The highest BCUT2D eigenvalue weighted by Crippen LogP contribution is 2.39. The SMILES string of the molecule is Cn1nnnc1SC[C@H]1C[C@@H](c2ccc(CO)cc2)O[C@@H](c2cccc(NC(=O)c3cccnc3)c2)O1. The van der Waals surface area contributed by atoms with Gasteiger partial charge in [-0.3, -0.25) is 9.78 Å². The van der Waals surface area contributed by atoms with Crippen LogP contribution in [0.25, 0.3) is 0 Å². The summed E-state index contributed by atoms with van der Waals surface area (Å²) < 4.78 is 14.4. The quantitative estimate of drug-likeness (QED) is 0.336. The minimum absolute atomic E-state index is 0.0138. The van der Waals surface area contributed by atoms with E-state index in [-0.39, 0.29) is 24.7 Å². The molecule has 37 heavy (non-hydrogen) atoms. The van der Waals surface area contributed by atoms with Crippen LogP contribution in [0.1, 0.15) is 45.9 Å². The number of nitrogens with zero attached hydrogens (tertiary/aromatic N) is 5. The highest BCUT2D eigenvalue weighted by Gasteiger charge is 2.32. The monoisotopic (exact) mass is 518 g/mol. The lowest BCUT2D eigenvalue weighted by Gasteiger charge is -2.36. The first kappa shape index (κ1) is 25.0. The van der Waals surface area contributed by atoms with E-state index in [1.54, 1.807) is 30.1 Å². The molecule has 2 N–H and O–H groups in total. The molecule has 1 amide bonds. The third-order valence-electron chi connectivity index (χ3n) is 5.93. The van der Waals surface area contributed by atoms with Gasteiger partial charge in [-0.15, -0.1) is 5.10 Å². The number of aromatic nitrogens is 5. The lowest BCUT2D eigenvalue weighted by Crippen LogP contribution is -2.31. The number of aryl methyl sites for hydroxylation is 1. The Kier molecular flexibility index (Phi) is 7.85. The van der Waals surface area contributed by atoms with Crippen molar-refractivity contribution >= 4 is 23.4 Å². The molecule has 190 valence electrons. The van der Waals surface area contributed by atoms with Gasteiger partial charge in [0.2, 0.25) is 5.16 Å². The largest absolute Gasteiger partial charge is 0.392 e. The summed E-state index contributed by atoms with van der Waals surface area (Å²) in [4.78, 5) is 16.6. The minimum atomic E-state index is -0.644. The number of carbonyl (C=O) groups excluding carboxylic acids is 1. The van der Waals surface area contributed by atoms with Crippen LogP contribution in [0.2, 0.25) is 0 Å². The van der Waals surface area contributed by atoms with Crippen LogP contribution in [0.5, 0.6) is 0 Å². The molecular formula is C26H26N6O4S. The van der Waals surface area contributed by atoms with Gasteiger partial charge in [0.15, 0.2) is 6.29 Å². The number of rotatable bonds is 8. The molecule has 4 aromatic rings. The number of aliphatic hydroxyl groups is 1. The maximum absolute atomic E-state index is 12.6. The smallest absolute Gasteiger partial charge is 0.257 e. The molecule has 0 bridgehead atoms. The van der Waals surface area contributed by atoms with Gasteiger partial charge in [0.05, 0.1) is 24.4 Å². The van der Waals surface area contributed by atoms with E-state index in [4.69, 9.17) is 9.47 Å². The topological polar surface area (TPSA) is 124 Å². The van der Waals surface area contributed by atoms with Crippen LogP contribution >= 0.6 is 11.8 Å². The van der Waals surface area contributed by atoms with Gasteiger partial charge in [0.25, 0.3) is 5.91 Å². The van der Waals surface area contributed by atoms with Crippen molar-refractivity contribution in [2.45, 2.75) is 36.7 Å². The maximum Gasteiger partial charge on any atom is 0.257 e. The Bertz CT molecular complexity index is 1330. The molecule has 1 aliphatic heterocycles. The molecule has 3 atom stereocenters. The van der Waals surface area contributed by atoms with Crippen molar-refractivity contribution in [1.82, 2.24) is 25.2 Å². The van der Waals surface area contributed by atoms with Gasteiger partial charge in [-0.1, -0.05) is 48.2 Å². The van der Waals surface area contributed by atoms with Crippen molar-refractivity contribution < 1.29 is 19.4 Å². The van der Waals surface area contributed by atoms with Gasteiger partial charge in [0, 0.05) is 42.9 Å². The average Bonchev–Trinajstić information content (AvgIpc) is 3.37. The summed E-state index contributed by atoms with van der Waals surface area (Å²) in [6, 6.07) is 18.6. The number of thioether (sulfide) groups is 1. The van der Waals surface area contributed by atoms with E-state index < -0.39 is 6.29 Å². The Morgan fingerprint density at radius 3 is 2.73 bits per heavy atom. The van der Waals surface area contributed by atoms with Crippen LogP contribution < -0.4 is 5.32 Å². The third kappa shape index (κ3) is 6.20. The zero-order valence-electron chi connectivity index (χ0n) is 20.1. The van der Waals surface area contributed by atoms with Crippen LogP contribution in [0.3, 0.4) is 0 Å². The molecule has 10 nitrogen and oxygen atoms in total.